The van der Waals surface area contributed by atoms with Gasteiger partial charge in [-0.2, -0.15) is 13.2 Å². The molecule has 114 valence electrons. The van der Waals surface area contributed by atoms with Gasteiger partial charge in [0.15, 0.2) is 0 Å². The Morgan fingerprint density at radius 1 is 1.48 bits per heavy atom. The van der Waals surface area contributed by atoms with E-state index in [1.165, 1.54) is 29.8 Å². The lowest BCUT2D eigenvalue weighted by Gasteiger charge is -2.44. The van der Waals surface area contributed by atoms with Crippen LogP contribution in [0, 0.1) is 5.92 Å². The summed E-state index contributed by atoms with van der Waals surface area (Å²) in [5.41, 5.74) is -3.45. The molecule has 2 amide bonds. The quantitative estimate of drug-likeness (QED) is 0.757. The summed E-state index contributed by atoms with van der Waals surface area (Å²) in [6.07, 6.45) is -2.59. The average Bonchev–Trinajstić information content (AvgIpc) is 2.37. The highest BCUT2D eigenvalue weighted by atomic mass is 19.4. The molecule has 0 bridgehead atoms. The van der Waals surface area contributed by atoms with Crippen LogP contribution < -0.4 is 10.6 Å². The largest absolute Gasteiger partial charge is 0.437 e. The lowest BCUT2D eigenvalue weighted by Crippen LogP contribution is -2.72. The van der Waals surface area contributed by atoms with E-state index in [1.54, 1.807) is 0 Å². The number of aliphatic hydroxyl groups is 1. The first-order valence-electron chi connectivity index (χ1n) is 5.95. The summed E-state index contributed by atoms with van der Waals surface area (Å²) in [5.74, 6) is -2.85. The van der Waals surface area contributed by atoms with Crippen molar-refractivity contribution in [2.45, 2.75) is 24.9 Å². The molecule has 0 aromatic carbocycles. The van der Waals surface area contributed by atoms with Crippen molar-refractivity contribution in [1.82, 2.24) is 15.6 Å². The Kier molecular flexibility index (Phi) is 3.62. The highest BCUT2D eigenvalue weighted by molar-refractivity contribution is 5.86. The van der Waals surface area contributed by atoms with E-state index in [2.05, 4.69) is 10.3 Å². The average molecular weight is 303 g/mol. The van der Waals surface area contributed by atoms with E-state index in [1.807, 2.05) is 0 Å². The van der Waals surface area contributed by atoms with E-state index in [4.69, 9.17) is 0 Å². The molecule has 1 aromatic heterocycles. The first kappa shape index (κ1) is 15.2. The second kappa shape index (κ2) is 4.99. The number of pyridine rings is 1. The minimum atomic E-state index is -5.21. The molecule has 2 heterocycles. The fourth-order valence-electron chi connectivity index (χ4n) is 2.36. The van der Waals surface area contributed by atoms with E-state index in [0.717, 1.165) is 6.92 Å². The maximum atomic E-state index is 13.1. The number of carbonyl (C=O) groups is 2. The number of amides is 2. The fraction of sp³-hybridized carbons (Fsp3) is 0.417. The molecule has 3 atom stereocenters. The molecule has 0 saturated carbocycles. The van der Waals surface area contributed by atoms with Crippen molar-refractivity contribution in [1.29, 1.82) is 0 Å². The lowest BCUT2D eigenvalue weighted by atomic mass is 9.80. The Morgan fingerprint density at radius 3 is 2.62 bits per heavy atom. The molecule has 1 aliphatic rings. The van der Waals surface area contributed by atoms with Gasteiger partial charge in [0.05, 0.1) is 12.0 Å². The zero-order valence-corrected chi connectivity index (χ0v) is 10.8. The third-order valence-electron chi connectivity index (χ3n) is 3.29. The normalized spacial score (nSPS) is 29.5. The van der Waals surface area contributed by atoms with Crippen LogP contribution in [-0.2, 0) is 4.79 Å². The predicted octanol–water partition coefficient (Wildman–Crippen LogP) is 0.892. The zero-order chi connectivity index (χ0) is 15.8. The number of Topliss-reactive ketones (excluding diaryl/α,β-unsaturated/α-hetero) is 1. The highest BCUT2D eigenvalue weighted by Gasteiger charge is 2.65. The molecule has 0 radical (unpaired) electrons. The van der Waals surface area contributed by atoms with E-state index < -0.39 is 35.7 Å². The molecule has 1 fully saturated rings. The number of alkyl halides is 3. The molecule has 3 N–H and O–H groups in total. The number of nitrogens with one attached hydrogen (secondary N) is 2. The van der Waals surface area contributed by atoms with Gasteiger partial charge in [-0.3, -0.25) is 9.78 Å². The highest BCUT2D eigenvalue weighted by Crippen LogP contribution is 2.42. The summed E-state index contributed by atoms with van der Waals surface area (Å²) in [6.45, 7) is 0.921. The molecule has 1 saturated heterocycles. The molecule has 1 aromatic rings. The molecule has 0 unspecified atom stereocenters. The van der Waals surface area contributed by atoms with Crippen molar-refractivity contribution < 1.29 is 27.9 Å². The van der Waals surface area contributed by atoms with Crippen LogP contribution in [0.25, 0.3) is 0 Å². The number of rotatable bonds is 2. The zero-order valence-electron chi connectivity index (χ0n) is 10.8. The molecule has 6 nitrogen and oxygen atoms in total. The van der Waals surface area contributed by atoms with Gasteiger partial charge in [0.2, 0.25) is 5.72 Å². The Morgan fingerprint density at radius 2 is 2.14 bits per heavy atom. The number of carbonyl (C=O) groups excluding carboxylic acids is 2. The van der Waals surface area contributed by atoms with Gasteiger partial charge < -0.3 is 15.7 Å². The number of aromatic nitrogens is 1. The summed E-state index contributed by atoms with van der Waals surface area (Å²) < 4.78 is 39.4. The number of ketones is 1. The predicted molar refractivity (Wildman–Crippen MR) is 63.8 cm³/mol. The molecule has 1 aliphatic heterocycles. The van der Waals surface area contributed by atoms with E-state index in [9.17, 15) is 27.9 Å². The van der Waals surface area contributed by atoms with Gasteiger partial charge in [0, 0.05) is 12.4 Å². The Balaban J connectivity index is 2.54. The van der Waals surface area contributed by atoms with Gasteiger partial charge in [0.1, 0.15) is 5.78 Å². The van der Waals surface area contributed by atoms with Crippen molar-refractivity contribution in [3.05, 3.63) is 30.1 Å². The van der Waals surface area contributed by atoms with Crippen molar-refractivity contribution in [3.63, 3.8) is 0 Å². The van der Waals surface area contributed by atoms with Gasteiger partial charge in [0.25, 0.3) is 0 Å². The van der Waals surface area contributed by atoms with Gasteiger partial charge in [-0.05, 0) is 18.6 Å². The minimum Gasteiger partial charge on any atom is -0.363 e. The number of hydrogen-bond acceptors (Lipinski definition) is 4. The van der Waals surface area contributed by atoms with Crippen LogP contribution in [0.2, 0.25) is 0 Å². The summed E-state index contributed by atoms with van der Waals surface area (Å²) >= 11 is 0. The second-order valence-corrected chi connectivity index (χ2v) is 4.71. The van der Waals surface area contributed by atoms with Gasteiger partial charge in [-0.25, -0.2) is 4.79 Å². The second-order valence-electron chi connectivity index (χ2n) is 4.71. The molecular formula is C12H12F3N3O3. The summed E-state index contributed by atoms with van der Waals surface area (Å²) in [6, 6.07) is 0.307. The number of nitrogens with zero attached hydrogens (tertiary/aromatic N) is 1. The van der Waals surface area contributed by atoms with Gasteiger partial charge in [-0.1, -0.05) is 6.07 Å². The van der Waals surface area contributed by atoms with Crippen LogP contribution in [0.3, 0.4) is 0 Å². The smallest absolute Gasteiger partial charge is 0.363 e. The lowest BCUT2D eigenvalue weighted by molar-refractivity contribution is -0.290. The summed E-state index contributed by atoms with van der Waals surface area (Å²) in [5, 5.41) is 13.5. The Labute approximate surface area is 117 Å². The van der Waals surface area contributed by atoms with E-state index in [0.29, 0.717) is 0 Å². The standard InChI is InChI=1S/C12H12F3N3O3/c1-6(19)8-9(7-3-2-4-16-5-7)17-10(20)18-11(8,21)12(13,14)15/h2-5,8-9,21H,1H3,(H2,17,18,20)/t8-,9-,11+/m0/s1. The van der Waals surface area contributed by atoms with Crippen molar-refractivity contribution in [2.75, 3.05) is 0 Å². The SMILES string of the molecule is CC(=O)[C@H]1[C@H](c2cccnc2)NC(=O)N[C@]1(O)C(F)(F)F. The maximum Gasteiger partial charge on any atom is 0.437 e. The van der Waals surface area contributed by atoms with Crippen LogP contribution >= 0.6 is 0 Å². The van der Waals surface area contributed by atoms with E-state index >= 15 is 0 Å². The summed E-state index contributed by atoms with van der Waals surface area (Å²) in [4.78, 5) is 26.9. The Bertz CT molecular complexity index is 564. The number of halogens is 3. The number of urea groups is 1. The molecule has 2 rings (SSSR count). The topological polar surface area (TPSA) is 91.3 Å². The number of hydrogen-bond donors (Lipinski definition) is 3. The van der Waals surface area contributed by atoms with Crippen molar-refractivity contribution >= 4 is 11.8 Å². The van der Waals surface area contributed by atoms with Crippen LogP contribution in [-0.4, -0.2) is 33.8 Å². The van der Waals surface area contributed by atoms with Crippen molar-refractivity contribution in [2.24, 2.45) is 5.92 Å². The monoisotopic (exact) mass is 303 g/mol. The van der Waals surface area contributed by atoms with E-state index in [-0.39, 0.29) is 5.56 Å². The fourth-order valence-corrected chi connectivity index (χ4v) is 2.36. The molecular weight excluding hydrogens is 291 g/mol. The Hall–Kier alpha value is -2.16. The van der Waals surface area contributed by atoms with Crippen LogP contribution in [0.5, 0.6) is 0 Å². The molecule has 9 heteroatoms. The minimum absolute atomic E-state index is 0.190. The first-order valence-corrected chi connectivity index (χ1v) is 5.95. The van der Waals surface area contributed by atoms with Gasteiger partial charge >= 0.3 is 12.2 Å². The van der Waals surface area contributed by atoms with Crippen LogP contribution in [0.1, 0.15) is 18.5 Å². The third kappa shape index (κ3) is 2.56. The molecule has 0 spiro atoms. The van der Waals surface area contributed by atoms with Crippen LogP contribution in [0.4, 0.5) is 18.0 Å². The molecule has 21 heavy (non-hydrogen) atoms. The third-order valence-corrected chi connectivity index (χ3v) is 3.29. The summed E-state index contributed by atoms with van der Waals surface area (Å²) in [7, 11) is 0. The molecule has 0 aliphatic carbocycles. The van der Waals surface area contributed by atoms with Crippen molar-refractivity contribution in [3.8, 4) is 0 Å². The van der Waals surface area contributed by atoms with Gasteiger partial charge in [-0.15, -0.1) is 0 Å². The van der Waals surface area contributed by atoms with Crippen LogP contribution in [0.15, 0.2) is 24.5 Å². The first-order chi connectivity index (χ1) is 9.67. The maximum absolute atomic E-state index is 13.1.